The number of sulfonamides is 1. The van der Waals surface area contributed by atoms with E-state index in [1.807, 2.05) is 41.8 Å². The van der Waals surface area contributed by atoms with E-state index in [-0.39, 0.29) is 17.1 Å². The van der Waals surface area contributed by atoms with Gasteiger partial charge in [0.05, 0.1) is 22.6 Å². The van der Waals surface area contributed by atoms with Crippen LogP contribution in [0.4, 0.5) is 0 Å². The Balaban J connectivity index is 1.74. The van der Waals surface area contributed by atoms with Crippen LogP contribution in [0.2, 0.25) is 0 Å². The fourth-order valence-electron chi connectivity index (χ4n) is 3.19. The second-order valence-corrected chi connectivity index (χ2v) is 8.44. The molecule has 1 heterocycles. The van der Waals surface area contributed by atoms with Crippen molar-refractivity contribution in [2.75, 3.05) is 6.61 Å². The molecule has 9 heteroatoms. The van der Waals surface area contributed by atoms with Crippen LogP contribution in [-0.2, 0) is 14.8 Å². The molecule has 1 amide bonds. The molecule has 2 N–H and O–H groups in total. The lowest BCUT2D eigenvalue weighted by molar-refractivity contribution is 0.0526. The summed E-state index contributed by atoms with van der Waals surface area (Å²) in [5.74, 6) is -1.12. The molecule has 162 valence electrons. The summed E-state index contributed by atoms with van der Waals surface area (Å²) in [6.07, 6.45) is 0. The fourth-order valence-corrected chi connectivity index (χ4v) is 4.03. The van der Waals surface area contributed by atoms with Crippen molar-refractivity contribution in [1.29, 1.82) is 0 Å². The summed E-state index contributed by atoms with van der Waals surface area (Å²) in [6.45, 7) is 5.56. The topological polar surface area (TPSA) is 106 Å². The van der Waals surface area contributed by atoms with Crippen LogP contribution in [-0.4, -0.2) is 31.5 Å². The number of carbonyl (C=O) groups is 2. The molecule has 0 bridgehead atoms. The molecule has 2 aromatic carbocycles. The minimum absolute atomic E-state index is 0.101. The predicted molar refractivity (Wildman–Crippen MR) is 115 cm³/mol. The van der Waals surface area contributed by atoms with E-state index in [0.29, 0.717) is 11.3 Å². The molecule has 0 atom stereocenters. The minimum atomic E-state index is -4.03. The van der Waals surface area contributed by atoms with Crippen molar-refractivity contribution in [3.05, 3.63) is 83.2 Å². The van der Waals surface area contributed by atoms with Crippen LogP contribution in [0.25, 0.3) is 5.69 Å². The Kier molecular flexibility index (Phi) is 6.57. The third kappa shape index (κ3) is 4.84. The number of amides is 1. The highest BCUT2D eigenvalue weighted by molar-refractivity contribution is 7.89. The number of aryl methyl sites for hydroxylation is 1. The molecule has 0 aliphatic carbocycles. The fraction of sp³-hybridized carbons (Fsp3) is 0.182. The minimum Gasteiger partial charge on any atom is -0.462 e. The van der Waals surface area contributed by atoms with Gasteiger partial charge in [-0.25, -0.2) is 13.2 Å². The second kappa shape index (κ2) is 9.15. The van der Waals surface area contributed by atoms with Crippen molar-refractivity contribution in [3.8, 4) is 5.69 Å². The molecule has 3 rings (SSSR count). The number of ether oxygens (including phenoxy) is 1. The number of aromatic nitrogens is 1. The largest absolute Gasteiger partial charge is 0.462 e. The second-order valence-electron chi connectivity index (χ2n) is 6.76. The first-order valence-electron chi connectivity index (χ1n) is 9.58. The standard InChI is InChI=1S/C22H23N3O5S/c1-4-30-22(27)17-10-12-19(13-11-17)31(28,29)24-23-21(26)20-14-15(2)25(16(20)3)18-8-6-5-7-9-18/h5-14,24H,4H2,1-3H3,(H,23,26). The predicted octanol–water partition coefficient (Wildman–Crippen LogP) is 2.89. The molecule has 31 heavy (non-hydrogen) atoms. The van der Waals surface area contributed by atoms with Crippen LogP contribution in [0.15, 0.2) is 65.6 Å². The Morgan fingerprint density at radius 3 is 2.26 bits per heavy atom. The molecular formula is C22H23N3O5S. The molecule has 0 aliphatic heterocycles. The number of para-hydroxylation sites is 1. The van der Waals surface area contributed by atoms with Gasteiger partial charge in [-0.3, -0.25) is 10.2 Å². The first-order valence-corrected chi connectivity index (χ1v) is 11.1. The highest BCUT2D eigenvalue weighted by Crippen LogP contribution is 2.20. The van der Waals surface area contributed by atoms with Gasteiger partial charge >= 0.3 is 5.97 Å². The van der Waals surface area contributed by atoms with E-state index < -0.39 is 21.9 Å². The average Bonchev–Trinajstić information content (AvgIpc) is 3.07. The molecule has 8 nitrogen and oxygen atoms in total. The summed E-state index contributed by atoms with van der Waals surface area (Å²) in [5.41, 5.74) is 5.25. The van der Waals surface area contributed by atoms with Crippen LogP contribution in [0.5, 0.6) is 0 Å². The average molecular weight is 442 g/mol. The summed E-state index contributed by atoms with van der Waals surface area (Å²) in [7, 11) is -4.03. The van der Waals surface area contributed by atoms with Crippen LogP contribution in [0, 0.1) is 13.8 Å². The Bertz CT molecular complexity index is 1200. The maximum Gasteiger partial charge on any atom is 0.338 e. The molecule has 0 saturated heterocycles. The molecule has 0 spiro atoms. The van der Waals surface area contributed by atoms with E-state index in [9.17, 15) is 18.0 Å². The van der Waals surface area contributed by atoms with Gasteiger partial charge in [0.2, 0.25) is 0 Å². The van der Waals surface area contributed by atoms with Crippen molar-refractivity contribution in [2.45, 2.75) is 25.7 Å². The number of esters is 1. The SMILES string of the molecule is CCOC(=O)c1ccc(S(=O)(=O)NNC(=O)c2cc(C)n(-c3ccccc3)c2C)cc1. The third-order valence-electron chi connectivity index (χ3n) is 4.66. The lowest BCUT2D eigenvalue weighted by Gasteiger charge is -2.11. The zero-order valence-corrected chi connectivity index (χ0v) is 18.2. The first kappa shape index (κ1) is 22.3. The van der Waals surface area contributed by atoms with Crippen molar-refractivity contribution in [2.24, 2.45) is 0 Å². The molecule has 0 saturated carbocycles. The Morgan fingerprint density at radius 1 is 1.00 bits per heavy atom. The molecule has 3 aromatic rings. The number of carbonyl (C=O) groups excluding carboxylic acids is 2. The first-order chi connectivity index (χ1) is 14.7. The third-order valence-corrected chi connectivity index (χ3v) is 5.93. The van der Waals surface area contributed by atoms with E-state index in [4.69, 9.17) is 4.74 Å². The number of benzene rings is 2. The zero-order chi connectivity index (χ0) is 22.6. The normalized spacial score (nSPS) is 11.2. The van der Waals surface area contributed by atoms with Gasteiger partial charge in [0.25, 0.3) is 15.9 Å². The van der Waals surface area contributed by atoms with Gasteiger partial charge in [0, 0.05) is 17.1 Å². The quantitative estimate of drug-likeness (QED) is 0.433. The van der Waals surface area contributed by atoms with Gasteiger partial charge < -0.3 is 9.30 Å². The lowest BCUT2D eigenvalue weighted by atomic mass is 10.2. The molecule has 0 fully saturated rings. The van der Waals surface area contributed by atoms with E-state index in [2.05, 4.69) is 10.3 Å². The number of nitrogens with zero attached hydrogens (tertiary/aromatic N) is 1. The lowest BCUT2D eigenvalue weighted by Crippen LogP contribution is -2.41. The Morgan fingerprint density at radius 2 is 1.65 bits per heavy atom. The smallest absolute Gasteiger partial charge is 0.338 e. The van der Waals surface area contributed by atoms with Gasteiger partial charge in [0.15, 0.2) is 0 Å². The van der Waals surface area contributed by atoms with E-state index in [0.717, 1.165) is 11.4 Å². The monoisotopic (exact) mass is 441 g/mol. The van der Waals surface area contributed by atoms with Crippen LogP contribution in [0.3, 0.4) is 0 Å². The molecule has 1 aromatic heterocycles. The summed E-state index contributed by atoms with van der Waals surface area (Å²) in [6, 6.07) is 16.5. The van der Waals surface area contributed by atoms with Crippen molar-refractivity contribution in [1.82, 2.24) is 14.8 Å². The number of nitrogens with one attached hydrogen (secondary N) is 2. The molecular weight excluding hydrogens is 418 g/mol. The van der Waals surface area contributed by atoms with Gasteiger partial charge in [-0.15, -0.1) is 4.83 Å². The number of hydrazine groups is 1. The summed E-state index contributed by atoms with van der Waals surface area (Å²) >= 11 is 0. The maximum absolute atomic E-state index is 12.6. The van der Waals surface area contributed by atoms with Crippen LogP contribution in [0.1, 0.15) is 39.0 Å². The Labute approximate surface area is 180 Å². The van der Waals surface area contributed by atoms with Crippen LogP contribution < -0.4 is 10.3 Å². The van der Waals surface area contributed by atoms with E-state index in [1.54, 1.807) is 19.9 Å². The van der Waals surface area contributed by atoms with Gasteiger partial charge in [-0.1, -0.05) is 18.2 Å². The van der Waals surface area contributed by atoms with Crippen molar-refractivity contribution < 1.29 is 22.7 Å². The summed E-state index contributed by atoms with van der Waals surface area (Å²) in [5, 5.41) is 0. The highest BCUT2D eigenvalue weighted by atomic mass is 32.2. The number of rotatable bonds is 7. The number of hydrogen-bond acceptors (Lipinski definition) is 5. The van der Waals surface area contributed by atoms with Crippen LogP contribution >= 0.6 is 0 Å². The summed E-state index contributed by atoms with van der Waals surface area (Å²) < 4.78 is 31.8. The van der Waals surface area contributed by atoms with Gasteiger partial charge in [-0.05, 0) is 63.2 Å². The molecule has 0 aliphatic rings. The van der Waals surface area contributed by atoms with Crippen molar-refractivity contribution >= 4 is 21.9 Å². The van der Waals surface area contributed by atoms with E-state index in [1.165, 1.54) is 24.3 Å². The van der Waals surface area contributed by atoms with Gasteiger partial charge in [-0.2, -0.15) is 0 Å². The summed E-state index contributed by atoms with van der Waals surface area (Å²) in [4.78, 5) is 26.3. The Hall–Kier alpha value is -3.43. The maximum atomic E-state index is 12.6. The molecule has 0 radical (unpaired) electrons. The van der Waals surface area contributed by atoms with Crippen molar-refractivity contribution in [3.63, 3.8) is 0 Å². The van der Waals surface area contributed by atoms with E-state index >= 15 is 0 Å². The highest BCUT2D eigenvalue weighted by Gasteiger charge is 2.20. The zero-order valence-electron chi connectivity index (χ0n) is 17.4. The molecule has 0 unspecified atom stereocenters. The van der Waals surface area contributed by atoms with Gasteiger partial charge in [0.1, 0.15) is 0 Å². The number of hydrogen-bond donors (Lipinski definition) is 2.